The summed E-state index contributed by atoms with van der Waals surface area (Å²) in [5.74, 6) is -0.380. The third kappa shape index (κ3) is 5.29. The quantitative estimate of drug-likeness (QED) is 0.659. The number of esters is 1. The molecule has 1 atom stereocenters. The van der Waals surface area contributed by atoms with Gasteiger partial charge in [-0.25, -0.2) is 13.2 Å². The molecule has 150 valence electrons. The van der Waals surface area contributed by atoms with E-state index in [1.165, 1.54) is 28.6 Å². The van der Waals surface area contributed by atoms with Gasteiger partial charge < -0.3 is 9.64 Å². The number of piperidine rings is 1. The first kappa shape index (κ1) is 21.4. The number of hydrogen-bond acceptors (Lipinski definition) is 5. The van der Waals surface area contributed by atoms with Crippen molar-refractivity contribution < 1.29 is 22.7 Å². The number of hydrogen-bond donors (Lipinski definition) is 0. The van der Waals surface area contributed by atoms with E-state index < -0.39 is 16.0 Å². The van der Waals surface area contributed by atoms with Crippen LogP contribution in [0.2, 0.25) is 0 Å². The van der Waals surface area contributed by atoms with E-state index in [0.717, 1.165) is 12.8 Å². The topological polar surface area (TPSA) is 84.0 Å². The number of amides is 1. The Morgan fingerprint density at radius 3 is 2.37 bits per heavy atom. The van der Waals surface area contributed by atoms with Gasteiger partial charge in [0.1, 0.15) is 0 Å². The second-order valence-electron chi connectivity index (χ2n) is 6.78. The summed E-state index contributed by atoms with van der Waals surface area (Å²) in [7, 11) is -3.57. The van der Waals surface area contributed by atoms with Gasteiger partial charge in [-0.1, -0.05) is 20.8 Å². The molecule has 0 saturated carbocycles. The molecule has 1 aliphatic rings. The molecule has 2 rings (SSSR count). The Morgan fingerprint density at radius 2 is 1.81 bits per heavy atom. The molecule has 1 fully saturated rings. The first-order valence-electron chi connectivity index (χ1n) is 9.34. The number of benzene rings is 1. The lowest BCUT2D eigenvalue weighted by Crippen LogP contribution is -2.41. The highest BCUT2D eigenvalue weighted by Gasteiger charge is 2.23. The van der Waals surface area contributed by atoms with Crippen molar-refractivity contribution in [3.63, 3.8) is 0 Å². The molecule has 7 nitrogen and oxygen atoms in total. The van der Waals surface area contributed by atoms with Gasteiger partial charge in [-0.2, -0.15) is 4.31 Å². The molecule has 8 heteroatoms. The molecular weight excluding hydrogens is 368 g/mol. The Labute approximate surface area is 161 Å². The maximum atomic E-state index is 12.5. The second kappa shape index (κ2) is 9.32. The molecule has 0 aromatic heterocycles. The largest absolute Gasteiger partial charge is 0.452 e. The van der Waals surface area contributed by atoms with E-state index in [1.807, 2.05) is 0 Å². The van der Waals surface area contributed by atoms with Crippen molar-refractivity contribution >= 4 is 21.9 Å². The molecule has 0 radical (unpaired) electrons. The molecule has 1 unspecified atom stereocenters. The second-order valence-corrected chi connectivity index (χ2v) is 8.71. The highest BCUT2D eigenvalue weighted by molar-refractivity contribution is 7.89. The van der Waals surface area contributed by atoms with Crippen molar-refractivity contribution in [2.24, 2.45) is 5.92 Å². The smallest absolute Gasteiger partial charge is 0.338 e. The molecule has 1 aromatic rings. The summed E-state index contributed by atoms with van der Waals surface area (Å²) in [5.41, 5.74) is 0.216. The lowest BCUT2D eigenvalue weighted by Gasteiger charge is -2.30. The molecule has 1 aromatic carbocycles. The van der Waals surface area contributed by atoms with Crippen LogP contribution in [-0.2, 0) is 19.6 Å². The summed E-state index contributed by atoms with van der Waals surface area (Å²) in [6.45, 7) is 7.47. The van der Waals surface area contributed by atoms with Crippen LogP contribution in [0, 0.1) is 5.92 Å². The van der Waals surface area contributed by atoms with E-state index in [9.17, 15) is 18.0 Å². The first-order valence-corrected chi connectivity index (χ1v) is 10.8. The van der Waals surface area contributed by atoms with E-state index in [0.29, 0.717) is 32.1 Å². The zero-order chi connectivity index (χ0) is 20.0. The van der Waals surface area contributed by atoms with Gasteiger partial charge in [0.2, 0.25) is 10.0 Å². The van der Waals surface area contributed by atoms with E-state index in [-0.39, 0.29) is 23.0 Å². The van der Waals surface area contributed by atoms with Gasteiger partial charge in [0.05, 0.1) is 10.5 Å². The molecule has 1 amide bonds. The van der Waals surface area contributed by atoms with Crippen LogP contribution in [-0.4, -0.2) is 62.3 Å². The highest BCUT2D eigenvalue weighted by Crippen LogP contribution is 2.17. The Morgan fingerprint density at radius 1 is 1.19 bits per heavy atom. The van der Waals surface area contributed by atoms with Crippen molar-refractivity contribution in [3.05, 3.63) is 29.8 Å². The average Bonchev–Trinajstić information content (AvgIpc) is 2.66. The standard InChI is InChI=1S/C19H28N2O5S/c1-4-21(5-2)27(24,25)17-10-8-16(9-11-17)19(23)26-14-18(22)20-12-6-7-15(3)13-20/h8-11,15H,4-7,12-14H2,1-3H3. The zero-order valence-electron chi connectivity index (χ0n) is 16.2. The van der Waals surface area contributed by atoms with Crippen molar-refractivity contribution in [1.29, 1.82) is 0 Å². The van der Waals surface area contributed by atoms with Crippen LogP contribution in [0.25, 0.3) is 0 Å². The lowest BCUT2D eigenvalue weighted by molar-refractivity contribution is -0.136. The number of ether oxygens (including phenoxy) is 1. The maximum Gasteiger partial charge on any atom is 0.338 e. The monoisotopic (exact) mass is 396 g/mol. The van der Waals surface area contributed by atoms with Gasteiger partial charge in [0.15, 0.2) is 6.61 Å². The molecule has 0 spiro atoms. The fraction of sp³-hybridized carbons (Fsp3) is 0.579. The third-order valence-corrected chi connectivity index (χ3v) is 6.83. The minimum atomic E-state index is -3.57. The fourth-order valence-electron chi connectivity index (χ4n) is 3.19. The van der Waals surface area contributed by atoms with Crippen LogP contribution in [0.1, 0.15) is 44.0 Å². The molecular formula is C19H28N2O5S. The number of likely N-dealkylation sites (tertiary alicyclic amines) is 1. The summed E-state index contributed by atoms with van der Waals surface area (Å²) in [5, 5.41) is 0. The Kier molecular flexibility index (Phi) is 7.38. The van der Waals surface area contributed by atoms with Crippen LogP contribution >= 0.6 is 0 Å². The summed E-state index contributed by atoms with van der Waals surface area (Å²) in [6.07, 6.45) is 2.07. The average molecular weight is 397 g/mol. The van der Waals surface area contributed by atoms with Crippen molar-refractivity contribution in [1.82, 2.24) is 9.21 Å². The molecule has 1 heterocycles. The Bertz CT molecular complexity index is 757. The molecule has 0 aliphatic carbocycles. The van der Waals surface area contributed by atoms with Crippen molar-refractivity contribution in [2.45, 2.75) is 38.5 Å². The van der Waals surface area contributed by atoms with E-state index in [1.54, 1.807) is 18.7 Å². The molecule has 1 saturated heterocycles. The van der Waals surface area contributed by atoms with Crippen LogP contribution in [0.15, 0.2) is 29.2 Å². The predicted octanol–water partition coefficient (Wildman–Crippen LogP) is 2.13. The van der Waals surface area contributed by atoms with Crippen LogP contribution in [0.5, 0.6) is 0 Å². The summed E-state index contributed by atoms with van der Waals surface area (Å²) in [6, 6.07) is 5.59. The molecule has 0 bridgehead atoms. The van der Waals surface area contributed by atoms with Crippen LogP contribution < -0.4 is 0 Å². The van der Waals surface area contributed by atoms with E-state index in [4.69, 9.17) is 4.74 Å². The van der Waals surface area contributed by atoms with E-state index in [2.05, 4.69) is 6.92 Å². The lowest BCUT2D eigenvalue weighted by atomic mass is 10.0. The van der Waals surface area contributed by atoms with Crippen molar-refractivity contribution in [2.75, 3.05) is 32.8 Å². The number of carbonyl (C=O) groups excluding carboxylic acids is 2. The first-order chi connectivity index (χ1) is 12.8. The Balaban J connectivity index is 1.96. The number of sulfonamides is 1. The van der Waals surface area contributed by atoms with Crippen molar-refractivity contribution in [3.8, 4) is 0 Å². The van der Waals surface area contributed by atoms with Gasteiger partial charge in [0.25, 0.3) is 5.91 Å². The van der Waals surface area contributed by atoms with Crippen LogP contribution in [0.4, 0.5) is 0 Å². The predicted molar refractivity (Wildman–Crippen MR) is 102 cm³/mol. The molecule has 1 aliphatic heterocycles. The Hall–Kier alpha value is -1.93. The van der Waals surface area contributed by atoms with Gasteiger partial charge in [0, 0.05) is 26.2 Å². The number of nitrogens with zero attached hydrogens (tertiary/aromatic N) is 2. The van der Waals surface area contributed by atoms with E-state index >= 15 is 0 Å². The maximum absolute atomic E-state index is 12.5. The normalized spacial score (nSPS) is 17.8. The van der Waals surface area contributed by atoms with Crippen LogP contribution in [0.3, 0.4) is 0 Å². The molecule has 27 heavy (non-hydrogen) atoms. The highest BCUT2D eigenvalue weighted by atomic mass is 32.2. The van der Waals surface area contributed by atoms with Gasteiger partial charge in [-0.3, -0.25) is 4.79 Å². The summed E-state index contributed by atoms with van der Waals surface area (Å²) >= 11 is 0. The zero-order valence-corrected chi connectivity index (χ0v) is 17.0. The SMILES string of the molecule is CCN(CC)S(=O)(=O)c1ccc(C(=O)OCC(=O)N2CCCC(C)C2)cc1. The minimum Gasteiger partial charge on any atom is -0.452 e. The fourth-order valence-corrected chi connectivity index (χ4v) is 4.65. The third-order valence-electron chi connectivity index (χ3n) is 4.77. The van der Waals surface area contributed by atoms with Gasteiger partial charge in [-0.15, -0.1) is 0 Å². The number of rotatable bonds is 7. The molecule has 0 N–H and O–H groups in total. The van der Waals surface area contributed by atoms with Gasteiger partial charge in [-0.05, 0) is 43.0 Å². The summed E-state index contributed by atoms with van der Waals surface area (Å²) in [4.78, 5) is 26.2. The number of carbonyl (C=O) groups is 2. The van der Waals surface area contributed by atoms with Gasteiger partial charge >= 0.3 is 5.97 Å². The minimum absolute atomic E-state index is 0.126. The summed E-state index contributed by atoms with van der Waals surface area (Å²) < 4.78 is 31.4.